The lowest BCUT2D eigenvalue weighted by molar-refractivity contribution is -0.147. The lowest BCUT2D eigenvalue weighted by Gasteiger charge is -2.18. The molecule has 1 saturated heterocycles. The highest BCUT2D eigenvalue weighted by molar-refractivity contribution is 6.35. The number of methoxy groups -OCH3 is 1. The Morgan fingerprint density at radius 3 is 2.71 bits per heavy atom. The molecule has 0 radical (unpaired) electrons. The zero-order valence-corrected chi connectivity index (χ0v) is 16.5. The van der Waals surface area contributed by atoms with Crippen LogP contribution in [-0.2, 0) is 14.3 Å². The van der Waals surface area contributed by atoms with Gasteiger partial charge in [0.15, 0.2) is 12.4 Å². The van der Waals surface area contributed by atoms with Crippen LogP contribution in [0.5, 0.6) is 5.75 Å². The van der Waals surface area contributed by atoms with E-state index in [-0.39, 0.29) is 24.7 Å². The number of amides is 1. The third-order valence-corrected chi connectivity index (χ3v) is 4.95. The van der Waals surface area contributed by atoms with Gasteiger partial charge in [0, 0.05) is 23.6 Å². The summed E-state index contributed by atoms with van der Waals surface area (Å²) >= 11 is 12.1. The van der Waals surface area contributed by atoms with E-state index < -0.39 is 18.5 Å². The van der Waals surface area contributed by atoms with E-state index in [4.69, 9.17) is 32.7 Å². The maximum Gasteiger partial charge on any atom is 0.311 e. The zero-order valence-electron chi connectivity index (χ0n) is 15.0. The molecule has 2 aromatic carbocycles. The number of Topliss-reactive ketones (excluding diaryl/α,β-unsaturated/α-hetero) is 1. The third kappa shape index (κ3) is 4.46. The summed E-state index contributed by atoms with van der Waals surface area (Å²) in [6.07, 6.45) is -0.0188. The molecule has 0 aliphatic carbocycles. The minimum Gasteiger partial charge on any atom is -0.497 e. The molecular weight excluding hydrogens is 405 g/mol. The fourth-order valence-corrected chi connectivity index (χ4v) is 3.31. The van der Waals surface area contributed by atoms with Gasteiger partial charge in [-0.05, 0) is 30.3 Å². The van der Waals surface area contributed by atoms with Crippen molar-refractivity contribution in [2.24, 2.45) is 5.92 Å². The van der Waals surface area contributed by atoms with Crippen molar-refractivity contribution in [3.63, 3.8) is 0 Å². The van der Waals surface area contributed by atoms with Gasteiger partial charge in [-0.15, -0.1) is 0 Å². The lowest BCUT2D eigenvalue weighted by Crippen LogP contribution is -2.27. The number of esters is 1. The molecular formula is C20H17Cl2NO5. The predicted octanol–water partition coefficient (Wildman–Crippen LogP) is 3.78. The second-order valence-electron chi connectivity index (χ2n) is 6.26. The minimum atomic E-state index is -0.680. The average molecular weight is 422 g/mol. The molecule has 8 heteroatoms. The fraction of sp³-hybridized carbons (Fsp3) is 0.250. The van der Waals surface area contributed by atoms with Crippen molar-refractivity contribution in [1.29, 1.82) is 0 Å². The van der Waals surface area contributed by atoms with Crippen molar-refractivity contribution < 1.29 is 23.9 Å². The topological polar surface area (TPSA) is 72.9 Å². The van der Waals surface area contributed by atoms with Crippen LogP contribution < -0.4 is 9.64 Å². The molecule has 2 aromatic rings. The number of carbonyl (C=O) groups is 3. The SMILES string of the molecule is COc1cccc(C(=O)COC(=O)[C@H]2CC(=O)N(c3cc(Cl)ccc3Cl)C2)c1. The third-order valence-electron chi connectivity index (χ3n) is 4.39. The highest BCUT2D eigenvalue weighted by atomic mass is 35.5. The van der Waals surface area contributed by atoms with Gasteiger partial charge < -0.3 is 14.4 Å². The number of hydrogen-bond acceptors (Lipinski definition) is 5. The van der Waals surface area contributed by atoms with E-state index in [0.717, 1.165) is 0 Å². The number of hydrogen-bond donors (Lipinski definition) is 0. The van der Waals surface area contributed by atoms with Crippen molar-refractivity contribution in [3.8, 4) is 5.75 Å². The number of anilines is 1. The van der Waals surface area contributed by atoms with Gasteiger partial charge in [0.25, 0.3) is 0 Å². The maximum atomic E-state index is 12.3. The molecule has 0 unspecified atom stereocenters. The Morgan fingerprint density at radius 2 is 1.96 bits per heavy atom. The fourth-order valence-electron chi connectivity index (χ4n) is 2.93. The second-order valence-corrected chi connectivity index (χ2v) is 7.11. The molecule has 1 heterocycles. The van der Waals surface area contributed by atoms with E-state index in [1.54, 1.807) is 42.5 Å². The van der Waals surface area contributed by atoms with Crippen LogP contribution >= 0.6 is 23.2 Å². The van der Waals surface area contributed by atoms with Gasteiger partial charge in [-0.2, -0.15) is 0 Å². The summed E-state index contributed by atoms with van der Waals surface area (Å²) in [7, 11) is 1.50. The Labute approximate surface area is 171 Å². The van der Waals surface area contributed by atoms with Crippen LogP contribution in [0.4, 0.5) is 5.69 Å². The molecule has 0 bridgehead atoms. The van der Waals surface area contributed by atoms with E-state index in [1.165, 1.54) is 12.0 Å². The second kappa shape index (κ2) is 8.63. The van der Waals surface area contributed by atoms with Crippen LogP contribution in [0.25, 0.3) is 0 Å². The van der Waals surface area contributed by atoms with E-state index in [0.29, 0.717) is 27.0 Å². The number of ether oxygens (including phenoxy) is 2. The summed E-state index contributed by atoms with van der Waals surface area (Å²) in [6, 6.07) is 11.3. The standard InChI is InChI=1S/C20H17Cl2NO5/c1-27-15-4-2-3-12(7-15)18(24)11-28-20(26)13-8-19(25)23(10-13)17-9-14(21)5-6-16(17)22/h2-7,9,13H,8,10-11H2,1H3/t13-/m0/s1. The van der Waals surface area contributed by atoms with Crippen LogP contribution in [-0.4, -0.2) is 37.9 Å². The highest BCUT2D eigenvalue weighted by Gasteiger charge is 2.37. The number of benzene rings is 2. The average Bonchev–Trinajstić information content (AvgIpc) is 3.09. The van der Waals surface area contributed by atoms with Crippen molar-refractivity contribution in [2.45, 2.75) is 6.42 Å². The van der Waals surface area contributed by atoms with Crippen molar-refractivity contribution in [2.75, 3.05) is 25.2 Å². The van der Waals surface area contributed by atoms with Crippen molar-refractivity contribution in [1.82, 2.24) is 0 Å². The number of ketones is 1. The smallest absolute Gasteiger partial charge is 0.311 e. The molecule has 28 heavy (non-hydrogen) atoms. The van der Waals surface area contributed by atoms with E-state index in [2.05, 4.69) is 0 Å². The molecule has 1 amide bonds. The van der Waals surface area contributed by atoms with Gasteiger partial charge in [-0.25, -0.2) is 0 Å². The molecule has 3 rings (SSSR count). The van der Waals surface area contributed by atoms with Crippen LogP contribution in [0.3, 0.4) is 0 Å². The Kier molecular flexibility index (Phi) is 6.21. The molecule has 1 fully saturated rings. The Morgan fingerprint density at radius 1 is 1.18 bits per heavy atom. The lowest BCUT2D eigenvalue weighted by atomic mass is 10.1. The predicted molar refractivity (Wildman–Crippen MR) is 105 cm³/mol. The Hall–Kier alpha value is -2.57. The molecule has 146 valence electrons. The number of carbonyl (C=O) groups excluding carboxylic acids is 3. The molecule has 1 aliphatic rings. The molecule has 6 nitrogen and oxygen atoms in total. The maximum absolute atomic E-state index is 12.3. The van der Waals surface area contributed by atoms with E-state index in [9.17, 15) is 14.4 Å². The van der Waals surface area contributed by atoms with Crippen molar-refractivity contribution in [3.05, 3.63) is 58.1 Å². The first-order valence-corrected chi connectivity index (χ1v) is 9.24. The van der Waals surface area contributed by atoms with Crippen LogP contribution in [0, 0.1) is 5.92 Å². The molecule has 0 N–H and O–H groups in total. The largest absolute Gasteiger partial charge is 0.497 e. The summed E-state index contributed by atoms with van der Waals surface area (Å²) in [5, 5.41) is 0.794. The Bertz CT molecular complexity index is 931. The van der Waals surface area contributed by atoms with E-state index in [1.807, 2.05) is 0 Å². The summed E-state index contributed by atoms with van der Waals surface area (Å²) in [5.41, 5.74) is 0.823. The minimum absolute atomic E-state index is 0.0188. The summed E-state index contributed by atoms with van der Waals surface area (Å²) in [5.74, 6) is -1.37. The van der Waals surface area contributed by atoms with Crippen LogP contribution in [0.1, 0.15) is 16.8 Å². The summed E-state index contributed by atoms with van der Waals surface area (Å²) in [4.78, 5) is 38.3. The number of nitrogens with zero attached hydrogens (tertiary/aromatic N) is 1. The van der Waals surface area contributed by atoms with Gasteiger partial charge in [0.05, 0.1) is 23.7 Å². The summed E-state index contributed by atoms with van der Waals surface area (Å²) in [6.45, 7) is -0.292. The highest BCUT2D eigenvalue weighted by Crippen LogP contribution is 2.33. The van der Waals surface area contributed by atoms with Gasteiger partial charge in [0.1, 0.15) is 5.75 Å². The van der Waals surface area contributed by atoms with Gasteiger partial charge in [0.2, 0.25) is 5.91 Å². The quantitative estimate of drug-likeness (QED) is 0.524. The molecule has 1 atom stereocenters. The normalized spacial score (nSPS) is 16.2. The first-order valence-electron chi connectivity index (χ1n) is 8.48. The van der Waals surface area contributed by atoms with Gasteiger partial charge >= 0.3 is 5.97 Å². The first-order chi connectivity index (χ1) is 13.4. The Balaban J connectivity index is 1.61. The molecule has 0 saturated carbocycles. The summed E-state index contributed by atoms with van der Waals surface area (Å²) < 4.78 is 10.2. The van der Waals surface area contributed by atoms with Gasteiger partial charge in [-0.3, -0.25) is 14.4 Å². The first kappa shape index (κ1) is 20.2. The molecule has 1 aliphatic heterocycles. The monoisotopic (exact) mass is 421 g/mol. The van der Waals surface area contributed by atoms with E-state index >= 15 is 0 Å². The van der Waals surface area contributed by atoms with Crippen LogP contribution in [0.2, 0.25) is 10.0 Å². The number of halogens is 2. The zero-order chi connectivity index (χ0) is 20.3. The van der Waals surface area contributed by atoms with Gasteiger partial charge in [-0.1, -0.05) is 35.3 Å². The number of rotatable bonds is 6. The molecule has 0 spiro atoms. The van der Waals surface area contributed by atoms with Crippen LogP contribution in [0.15, 0.2) is 42.5 Å². The molecule has 0 aromatic heterocycles. The van der Waals surface area contributed by atoms with Crippen molar-refractivity contribution >= 4 is 46.5 Å².